The minimum Gasteiger partial charge on any atom is -0.293 e. The van der Waals surface area contributed by atoms with Gasteiger partial charge in [-0.15, -0.1) is 5.10 Å². The first-order chi connectivity index (χ1) is 7.25. The SMILES string of the molecule is CC1CSCCN1Cc1ccc(Cl)nn1. The molecule has 3 nitrogen and oxygen atoms in total. The van der Waals surface area contributed by atoms with Crippen LogP contribution in [0, 0.1) is 0 Å². The van der Waals surface area contributed by atoms with Gasteiger partial charge in [-0.3, -0.25) is 4.90 Å². The first kappa shape index (κ1) is 11.2. The molecule has 1 aromatic heterocycles. The molecule has 1 fully saturated rings. The summed E-state index contributed by atoms with van der Waals surface area (Å²) in [4.78, 5) is 2.44. The molecule has 15 heavy (non-hydrogen) atoms. The van der Waals surface area contributed by atoms with E-state index in [0.29, 0.717) is 11.2 Å². The second-order valence-electron chi connectivity index (χ2n) is 3.74. The molecule has 0 amide bonds. The number of thioether (sulfide) groups is 1. The van der Waals surface area contributed by atoms with Gasteiger partial charge < -0.3 is 0 Å². The van der Waals surface area contributed by atoms with E-state index in [-0.39, 0.29) is 0 Å². The molecule has 2 heterocycles. The van der Waals surface area contributed by atoms with Gasteiger partial charge in [0.25, 0.3) is 0 Å². The lowest BCUT2D eigenvalue weighted by molar-refractivity contribution is 0.220. The Bertz CT molecular complexity index is 317. The predicted octanol–water partition coefficient (Wildman–Crippen LogP) is 2.07. The molecule has 1 aromatic rings. The first-order valence-corrected chi connectivity index (χ1v) is 6.59. The largest absolute Gasteiger partial charge is 0.293 e. The Morgan fingerprint density at radius 3 is 3.07 bits per heavy atom. The Labute approximate surface area is 99.2 Å². The normalized spacial score (nSPS) is 22.9. The van der Waals surface area contributed by atoms with Gasteiger partial charge >= 0.3 is 0 Å². The number of aromatic nitrogens is 2. The summed E-state index contributed by atoms with van der Waals surface area (Å²) in [6.45, 7) is 4.28. The molecule has 5 heteroatoms. The zero-order valence-corrected chi connectivity index (χ0v) is 10.3. The maximum atomic E-state index is 5.69. The monoisotopic (exact) mass is 243 g/mol. The van der Waals surface area contributed by atoms with E-state index in [0.717, 1.165) is 18.8 Å². The lowest BCUT2D eigenvalue weighted by Gasteiger charge is -2.32. The molecule has 1 aliphatic heterocycles. The molecule has 2 rings (SSSR count). The number of hydrogen-bond acceptors (Lipinski definition) is 4. The van der Waals surface area contributed by atoms with Crippen LogP contribution in [-0.4, -0.2) is 39.2 Å². The van der Waals surface area contributed by atoms with Gasteiger partial charge in [0, 0.05) is 30.6 Å². The van der Waals surface area contributed by atoms with Crippen LogP contribution < -0.4 is 0 Å². The van der Waals surface area contributed by atoms with Crippen molar-refractivity contribution in [3.63, 3.8) is 0 Å². The summed E-state index contributed by atoms with van der Waals surface area (Å²) in [5, 5.41) is 8.39. The van der Waals surface area contributed by atoms with Crippen molar-refractivity contribution in [2.45, 2.75) is 19.5 Å². The summed E-state index contributed by atoms with van der Waals surface area (Å²) in [6, 6.07) is 4.37. The zero-order chi connectivity index (χ0) is 10.7. The number of nitrogens with zero attached hydrogens (tertiary/aromatic N) is 3. The number of hydrogen-bond donors (Lipinski definition) is 0. The summed E-state index contributed by atoms with van der Waals surface area (Å²) < 4.78 is 0. The van der Waals surface area contributed by atoms with Crippen LogP contribution in [0.2, 0.25) is 5.15 Å². The smallest absolute Gasteiger partial charge is 0.151 e. The van der Waals surface area contributed by atoms with Crippen molar-refractivity contribution in [1.82, 2.24) is 15.1 Å². The highest BCUT2D eigenvalue weighted by molar-refractivity contribution is 7.99. The molecule has 1 aliphatic rings. The van der Waals surface area contributed by atoms with Gasteiger partial charge in [-0.1, -0.05) is 11.6 Å². The van der Waals surface area contributed by atoms with E-state index in [9.17, 15) is 0 Å². The van der Waals surface area contributed by atoms with Gasteiger partial charge in [0.15, 0.2) is 5.15 Å². The van der Waals surface area contributed by atoms with E-state index in [1.54, 1.807) is 6.07 Å². The van der Waals surface area contributed by atoms with Crippen molar-refractivity contribution in [1.29, 1.82) is 0 Å². The molecular weight excluding hydrogens is 230 g/mol. The average molecular weight is 244 g/mol. The van der Waals surface area contributed by atoms with Crippen LogP contribution >= 0.6 is 23.4 Å². The summed E-state index contributed by atoms with van der Waals surface area (Å²) in [5.41, 5.74) is 0.998. The molecule has 0 aromatic carbocycles. The highest BCUT2D eigenvalue weighted by Crippen LogP contribution is 2.17. The number of halogens is 1. The first-order valence-electron chi connectivity index (χ1n) is 5.05. The highest BCUT2D eigenvalue weighted by Gasteiger charge is 2.18. The summed E-state index contributed by atoms with van der Waals surface area (Å²) in [5.74, 6) is 2.42. The molecule has 0 spiro atoms. The third-order valence-electron chi connectivity index (χ3n) is 2.56. The molecule has 0 bridgehead atoms. The van der Waals surface area contributed by atoms with Gasteiger partial charge in [-0.05, 0) is 19.1 Å². The van der Waals surface area contributed by atoms with Crippen LogP contribution in [0.4, 0.5) is 0 Å². The average Bonchev–Trinajstić information content (AvgIpc) is 2.25. The maximum Gasteiger partial charge on any atom is 0.151 e. The van der Waals surface area contributed by atoms with Crippen molar-refractivity contribution < 1.29 is 0 Å². The van der Waals surface area contributed by atoms with Crippen LogP contribution in [0.5, 0.6) is 0 Å². The van der Waals surface area contributed by atoms with Crippen LogP contribution in [0.15, 0.2) is 12.1 Å². The molecule has 1 saturated heterocycles. The van der Waals surface area contributed by atoms with Crippen molar-refractivity contribution in [3.8, 4) is 0 Å². The molecule has 0 aliphatic carbocycles. The summed E-state index contributed by atoms with van der Waals surface area (Å²) in [6.07, 6.45) is 0. The second kappa shape index (κ2) is 5.14. The third kappa shape index (κ3) is 3.06. The highest BCUT2D eigenvalue weighted by atomic mass is 35.5. The van der Waals surface area contributed by atoms with Gasteiger partial charge in [0.05, 0.1) is 5.69 Å². The fourth-order valence-corrected chi connectivity index (χ4v) is 2.82. The Balaban J connectivity index is 1.98. The van der Waals surface area contributed by atoms with Crippen LogP contribution in [0.1, 0.15) is 12.6 Å². The molecule has 0 radical (unpaired) electrons. The van der Waals surface area contributed by atoms with Crippen molar-refractivity contribution in [3.05, 3.63) is 23.0 Å². The van der Waals surface area contributed by atoms with E-state index in [1.165, 1.54) is 11.5 Å². The number of rotatable bonds is 2. The fraction of sp³-hybridized carbons (Fsp3) is 0.600. The summed E-state index contributed by atoms with van der Waals surface area (Å²) >= 11 is 7.71. The Kier molecular flexibility index (Phi) is 3.83. The Hall–Kier alpha value is -0.320. The molecule has 0 N–H and O–H groups in total. The predicted molar refractivity (Wildman–Crippen MR) is 64.2 cm³/mol. The third-order valence-corrected chi connectivity index (χ3v) is 3.95. The standard InChI is InChI=1S/C10H14ClN3S/c1-8-7-15-5-4-14(8)6-9-2-3-10(11)13-12-9/h2-3,8H,4-7H2,1H3. The van der Waals surface area contributed by atoms with E-state index in [1.807, 2.05) is 17.8 Å². The maximum absolute atomic E-state index is 5.69. The minimum atomic E-state index is 0.459. The van der Waals surface area contributed by atoms with Gasteiger partial charge in [-0.2, -0.15) is 16.9 Å². The molecule has 1 atom stereocenters. The molecular formula is C10H14ClN3S. The van der Waals surface area contributed by atoms with E-state index in [2.05, 4.69) is 22.0 Å². The minimum absolute atomic E-state index is 0.459. The quantitative estimate of drug-likeness (QED) is 0.795. The Morgan fingerprint density at radius 1 is 1.53 bits per heavy atom. The second-order valence-corrected chi connectivity index (χ2v) is 5.28. The van der Waals surface area contributed by atoms with Crippen LogP contribution in [0.3, 0.4) is 0 Å². The zero-order valence-electron chi connectivity index (χ0n) is 8.69. The van der Waals surface area contributed by atoms with Gasteiger partial charge in [0.2, 0.25) is 0 Å². The summed E-state index contributed by atoms with van der Waals surface area (Å²) in [7, 11) is 0. The molecule has 1 unspecified atom stereocenters. The fourth-order valence-electron chi connectivity index (χ4n) is 1.63. The van der Waals surface area contributed by atoms with E-state index in [4.69, 9.17) is 11.6 Å². The van der Waals surface area contributed by atoms with Crippen LogP contribution in [-0.2, 0) is 6.54 Å². The Morgan fingerprint density at radius 2 is 2.40 bits per heavy atom. The van der Waals surface area contributed by atoms with Crippen LogP contribution in [0.25, 0.3) is 0 Å². The van der Waals surface area contributed by atoms with Crippen molar-refractivity contribution in [2.75, 3.05) is 18.1 Å². The topological polar surface area (TPSA) is 29.0 Å². The van der Waals surface area contributed by atoms with Crippen molar-refractivity contribution >= 4 is 23.4 Å². The van der Waals surface area contributed by atoms with E-state index < -0.39 is 0 Å². The molecule has 82 valence electrons. The lowest BCUT2D eigenvalue weighted by atomic mass is 10.2. The lowest BCUT2D eigenvalue weighted by Crippen LogP contribution is -2.39. The van der Waals surface area contributed by atoms with Crippen molar-refractivity contribution in [2.24, 2.45) is 0 Å². The van der Waals surface area contributed by atoms with E-state index >= 15 is 0 Å². The molecule has 0 saturated carbocycles. The van der Waals surface area contributed by atoms with Gasteiger partial charge in [-0.25, -0.2) is 0 Å². The van der Waals surface area contributed by atoms with Gasteiger partial charge in [0.1, 0.15) is 0 Å².